The molecule has 9 heteroatoms. The van der Waals surface area contributed by atoms with Crippen molar-refractivity contribution in [3.63, 3.8) is 0 Å². The average Bonchev–Trinajstić information content (AvgIpc) is 2.87. The number of nitrogens with one attached hydrogen (secondary N) is 2. The van der Waals surface area contributed by atoms with Crippen LogP contribution < -0.4 is 16.4 Å². The van der Waals surface area contributed by atoms with E-state index in [2.05, 4.69) is 10.6 Å². The van der Waals surface area contributed by atoms with Crippen molar-refractivity contribution in [1.82, 2.24) is 10.6 Å². The maximum Gasteiger partial charge on any atom is 0.328 e. The molecule has 6 N–H and O–H groups in total. The zero-order valence-electron chi connectivity index (χ0n) is 13.8. The molecule has 1 saturated heterocycles. The summed E-state index contributed by atoms with van der Waals surface area (Å²) in [6.07, 6.45) is 0. The minimum absolute atomic E-state index is 0.555. The lowest BCUT2D eigenvalue weighted by Gasteiger charge is -2.23. The van der Waals surface area contributed by atoms with Gasteiger partial charge in [-0.1, -0.05) is 30.3 Å². The molecule has 0 aromatic heterocycles. The van der Waals surface area contributed by atoms with Gasteiger partial charge in [-0.25, -0.2) is 4.79 Å². The normalized spacial score (nSPS) is 24.3. The average molecular weight is 367 g/mol. The Hall–Kier alpha value is -2.10. The molecule has 0 aliphatic carbocycles. The Morgan fingerprint density at radius 1 is 1.24 bits per heavy atom. The fraction of sp³-hybridized carbons (Fsp3) is 0.438. The minimum atomic E-state index is -1.31. The van der Waals surface area contributed by atoms with Gasteiger partial charge in [-0.2, -0.15) is 0 Å². The van der Waals surface area contributed by atoms with Crippen molar-refractivity contribution in [2.75, 3.05) is 0 Å². The van der Waals surface area contributed by atoms with Crippen LogP contribution in [0.1, 0.15) is 25.5 Å². The molecule has 1 aromatic rings. The summed E-state index contributed by atoms with van der Waals surface area (Å²) in [6.45, 7) is 3.42. The van der Waals surface area contributed by atoms with Crippen molar-refractivity contribution in [1.29, 1.82) is 0 Å². The molecular formula is C16H21N3O5S. The molecule has 1 heterocycles. The zero-order valence-corrected chi connectivity index (χ0v) is 14.6. The smallest absolute Gasteiger partial charge is 0.328 e. The highest BCUT2D eigenvalue weighted by atomic mass is 32.2. The van der Waals surface area contributed by atoms with Gasteiger partial charge in [0, 0.05) is 4.75 Å². The van der Waals surface area contributed by atoms with E-state index in [-0.39, 0.29) is 0 Å². The lowest BCUT2D eigenvalue weighted by Crippen LogP contribution is -2.55. The summed E-state index contributed by atoms with van der Waals surface area (Å²) in [4.78, 5) is 35.3. The molecule has 136 valence electrons. The molecule has 25 heavy (non-hydrogen) atoms. The summed E-state index contributed by atoms with van der Waals surface area (Å²) in [5.41, 5.74) is 6.44. The number of thioether (sulfide) groups is 1. The topological polar surface area (TPSA) is 142 Å². The largest absolute Gasteiger partial charge is 0.480 e. The lowest BCUT2D eigenvalue weighted by atomic mass is 10.0. The molecule has 4 atom stereocenters. The number of carboxylic acids is 2. The number of amides is 1. The van der Waals surface area contributed by atoms with Gasteiger partial charge in [0.15, 0.2) is 6.04 Å². The van der Waals surface area contributed by atoms with Crippen molar-refractivity contribution >= 4 is 29.6 Å². The van der Waals surface area contributed by atoms with Crippen LogP contribution in [0.5, 0.6) is 0 Å². The standard InChI is InChI=1S/C16H21N3O5S/c1-16(2)11(15(23)24)19-13(25-16)10(14(21)22)18-12(20)9(17)8-6-4-3-5-7-8/h3-7,9-11,13,19H,17H2,1-2H3,(H,18,20)(H,21,22)(H,23,24)/t9-,10+,11-,13-/m0/s1. The van der Waals surface area contributed by atoms with Crippen LogP contribution in [0.15, 0.2) is 30.3 Å². The minimum Gasteiger partial charge on any atom is -0.480 e. The number of carbonyl (C=O) groups is 3. The van der Waals surface area contributed by atoms with Gasteiger partial charge in [0.1, 0.15) is 12.1 Å². The summed E-state index contributed by atoms with van der Waals surface area (Å²) in [6, 6.07) is 5.33. The third-order valence-corrected chi connectivity index (χ3v) is 5.52. The van der Waals surface area contributed by atoms with Gasteiger partial charge in [0.05, 0.1) is 5.37 Å². The van der Waals surface area contributed by atoms with Crippen molar-refractivity contribution in [3.8, 4) is 0 Å². The molecule has 1 aromatic carbocycles. The second kappa shape index (κ2) is 7.42. The number of rotatable bonds is 6. The number of nitrogens with two attached hydrogens (primary N) is 1. The summed E-state index contributed by atoms with van der Waals surface area (Å²) in [7, 11) is 0. The fourth-order valence-corrected chi connectivity index (χ4v) is 4.13. The fourth-order valence-electron chi connectivity index (χ4n) is 2.65. The predicted octanol–water partition coefficient (Wildman–Crippen LogP) is 0.150. The number of benzene rings is 1. The Morgan fingerprint density at radius 2 is 1.84 bits per heavy atom. The van der Waals surface area contributed by atoms with Crippen molar-refractivity contribution < 1.29 is 24.6 Å². The number of hydrogen-bond donors (Lipinski definition) is 5. The van der Waals surface area contributed by atoms with E-state index in [1.807, 2.05) is 0 Å². The molecule has 1 aliphatic rings. The van der Waals surface area contributed by atoms with Crippen molar-refractivity contribution in [2.24, 2.45) is 5.73 Å². The van der Waals surface area contributed by atoms with Gasteiger partial charge in [-0.3, -0.25) is 14.9 Å². The van der Waals surface area contributed by atoms with Crippen LogP contribution in [0, 0.1) is 0 Å². The molecule has 0 bridgehead atoms. The zero-order chi connectivity index (χ0) is 18.8. The molecule has 1 aliphatic heterocycles. The van der Waals surface area contributed by atoms with E-state index in [1.165, 1.54) is 0 Å². The van der Waals surface area contributed by atoms with Crippen LogP contribution in [0.4, 0.5) is 0 Å². The van der Waals surface area contributed by atoms with Crippen molar-refractivity contribution in [3.05, 3.63) is 35.9 Å². The molecule has 2 rings (SSSR count). The highest BCUT2D eigenvalue weighted by molar-refractivity contribution is 8.01. The molecular weight excluding hydrogens is 346 g/mol. The SMILES string of the molecule is CC1(C)S[C@@H]([C@@H](NC(=O)[C@@H](N)c2ccccc2)C(=O)O)N[C@H]1C(=O)O. The van der Waals surface area contributed by atoms with Crippen molar-refractivity contribution in [2.45, 2.75) is 42.1 Å². The number of carboxylic acid groups (broad SMARTS) is 2. The van der Waals surface area contributed by atoms with Crippen LogP contribution in [0.3, 0.4) is 0 Å². The Balaban J connectivity index is 2.13. The Kier molecular flexibility index (Phi) is 5.71. The number of carbonyl (C=O) groups excluding carboxylic acids is 1. The summed E-state index contributed by atoms with van der Waals surface area (Å²) in [5.74, 6) is -2.98. The van der Waals surface area contributed by atoms with Gasteiger partial charge in [0.2, 0.25) is 5.91 Å². The van der Waals surface area contributed by atoms with Crippen LogP contribution in [0.25, 0.3) is 0 Å². The third kappa shape index (κ3) is 4.30. The first-order valence-corrected chi connectivity index (χ1v) is 8.52. The maximum atomic E-state index is 12.3. The van der Waals surface area contributed by atoms with E-state index >= 15 is 0 Å². The maximum absolute atomic E-state index is 12.3. The first-order chi connectivity index (χ1) is 11.6. The Labute approximate surface area is 149 Å². The highest BCUT2D eigenvalue weighted by Crippen LogP contribution is 2.39. The Morgan fingerprint density at radius 3 is 2.32 bits per heavy atom. The van der Waals surface area contributed by atoms with E-state index in [4.69, 9.17) is 5.73 Å². The first kappa shape index (κ1) is 19.2. The highest BCUT2D eigenvalue weighted by Gasteiger charge is 2.49. The van der Waals surface area contributed by atoms with E-state index in [0.717, 1.165) is 11.8 Å². The van der Waals surface area contributed by atoms with Crippen LogP contribution >= 0.6 is 11.8 Å². The molecule has 0 unspecified atom stereocenters. The van der Waals surface area contributed by atoms with E-state index < -0.39 is 46.1 Å². The molecule has 8 nitrogen and oxygen atoms in total. The van der Waals surface area contributed by atoms with Gasteiger partial charge in [-0.05, 0) is 19.4 Å². The van der Waals surface area contributed by atoms with Gasteiger partial charge in [-0.15, -0.1) is 11.8 Å². The van der Waals surface area contributed by atoms with E-state index in [9.17, 15) is 24.6 Å². The molecule has 0 saturated carbocycles. The summed E-state index contributed by atoms with van der Waals surface area (Å²) < 4.78 is -0.726. The molecule has 0 radical (unpaired) electrons. The van der Waals surface area contributed by atoms with E-state index in [0.29, 0.717) is 5.56 Å². The molecule has 0 spiro atoms. The van der Waals surface area contributed by atoms with Gasteiger partial charge < -0.3 is 21.3 Å². The van der Waals surface area contributed by atoms with Gasteiger partial charge in [0.25, 0.3) is 0 Å². The third-order valence-electron chi connectivity index (χ3n) is 4.01. The molecule has 1 amide bonds. The first-order valence-electron chi connectivity index (χ1n) is 7.64. The molecule has 1 fully saturated rings. The Bertz CT molecular complexity index is 667. The van der Waals surface area contributed by atoms with Crippen LogP contribution in [-0.2, 0) is 14.4 Å². The van der Waals surface area contributed by atoms with Crippen LogP contribution in [-0.4, -0.2) is 50.3 Å². The monoisotopic (exact) mass is 367 g/mol. The lowest BCUT2D eigenvalue weighted by molar-refractivity contribution is -0.143. The number of aliphatic carboxylic acids is 2. The predicted molar refractivity (Wildman–Crippen MR) is 93.0 cm³/mol. The van der Waals surface area contributed by atoms with Gasteiger partial charge >= 0.3 is 11.9 Å². The summed E-state index contributed by atoms with van der Waals surface area (Å²) >= 11 is 1.16. The van der Waals surface area contributed by atoms with E-state index in [1.54, 1.807) is 44.2 Å². The number of hydrogen-bond acceptors (Lipinski definition) is 6. The summed E-state index contributed by atoms with van der Waals surface area (Å²) in [5, 5.41) is 23.1. The second-order valence-corrected chi connectivity index (χ2v) is 8.09. The second-order valence-electron chi connectivity index (χ2n) is 6.29. The van der Waals surface area contributed by atoms with Crippen LogP contribution in [0.2, 0.25) is 0 Å². The quantitative estimate of drug-likeness (QED) is 0.478.